The zero-order valence-electron chi connectivity index (χ0n) is 14.8. The molecular formula is C20H14F2N4O3. The molecule has 0 spiro atoms. The van der Waals surface area contributed by atoms with Gasteiger partial charge in [0.2, 0.25) is 0 Å². The number of carbonyl (C=O) groups excluding carboxylic acids is 2. The van der Waals surface area contributed by atoms with Gasteiger partial charge in [-0.15, -0.1) is 0 Å². The number of hydrogen-bond donors (Lipinski definition) is 2. The molecule has 3 aromatic rings. The van der Waals surface area contributed by atoms with Crippen LogP contribution >= 0.6 is 0 Å². The van der Waals surface area contributed by atoms with Gasteiger partial charge in [0.15, 0.2) is 11.5 Å². The fourth-order valence-electron chi connectivity index (χ4n) is 2.12. The number of rotatable bonds is 6. The van der Waals surface area contributed by atoms with Crippen molar-refractivity contribution in [1.82, 2.24) is 10.9 Å². The van der Waals surface area contributed by atoms with Crippen molar-refractivity contribution < 1.29 is 22.8 Å². The maximum atomic E-state index is 12.8. The van der Waals surface area contributed by atoms with Gasteiger partial charge in [0, 0.05) is 0 Å². The standard InChI is InChI=1S/C20H14F2N4O3/c21-15-5-1-13(2-6-15)11-23-25-19(27)17-9-10-18(29-17)20(28)26-24-12-14-3-7-16(22)8-4-14/h1-12H,(H,25,27)(H,26,28)/b23-11+,24-12+. The minimum absolute atomic E-state index is 0.131. The van der Waals surface area contributed by atoms with Crippen LogP contribution in [0.4, 0.5) is 8.78 Å². The molecule has 0 saturated carbocycles. The first-order valence-electron chi connectivity index (χ1n) is 8.29. The lowest BCUT2D eigenvalue weighted by Gasteiger charge is -1.97. The largest absolute Gasteiger partial charge is 0.446 e. The lowest BCUT2D eigenvalue weighted by Crippen LogP contribution is -2.18. The van der Waals surface area contributed by atoms with Crippen LogP contribution in [0.25, 0.3) is 0 Å². The van der Waals surface area contributed by atoms with Gasteiger partial charge in [-0.2, -0.15) is 10.2 Å². The molecule has 0 aliphatic carbocycles. The van der Waals surface area contributed by atoms with E-state index in [1.807, 2.05) is 0 Å². The molecule has 2 N–H and O–H groups in total. The van der Waals surface area contributed by atoms with E-state index in [0.717, 1.165) is 0 Å². The number of carbonyl (C=O) groups is 2. The molecule has 0 aliphatic rings. The molecule has 0 unspecified atom stereocenters. The average molecular weight is 396 g/mol. The second-order valence-electron chi connectivity index (χ2n) is 5.67. The molecule has 3 rings (SSSR count). The summed E-state index contributed by atoms with van der Waals surface area (Å²) in [5.41, 5.74) is 5.65. The van der Waals surface area contributed by atoms with E-state index in [1.165, 1.54) is 73.1 Å². The van der Waals surface area contributed by atoms with Crippen LogP contribution in [0, 0.1) is 11.6 Å². The highest BCUT2D eigenvalue weighted by molar-refractivity contribution is 5.96. The third kappa shape index (κ3) is 5.67. The van der Waals surface area contributed by atoms with Gasteiger partial charge in [-0.25, -0.2) is 19.6 Å². The minimum atomic E-state index is -0.669. The third-order valence-corrected chi connectivity index (χ3v) is 3.55. The van der Waals surface area contributed by atoms with Crippen LogP contribution in [0.3, 0.4) is 0 Å². The summed E-state index contributed by atoms with van der Waals surface area (Å²) in [6, 6.07) is 13.6. The Balaban J connectivity index is 1.53. The van der Waals surface area contributed by atoms with Gasteiger partial charge in [-0.05, 0) is 47.5 Å². The molecule has 2 aromatic carbocycles. The van der Waals surface area contributed by atoms with Crippen LogP contribution < -0.4 is 10.9 Å². The lowest BCUT2D eigenvalue weighted by molar-refractivity contribution is 0.0902. The monoisotopic (exact) mass is 396 g/mol. The average Bonchev–Trinajstić information content (AvgIpc) is 3.21. The Labute approximate surface area is 163 Å². The number of hydrogen-bond acceptors (Lipinski definition) is 5. The molecule has 0 atom stereocenters. The smallest absolute Gasteiger partial charge is 0.307 e. The van der Waals surface area contributed by atoms with E-state index in [4.69, 9.17) is 4.42 Å². The van der Waals surface area contributed by atoms with Gasteiger partial charge in [0.05, 0.1) is 12.4 Å². The van der Waals surface area contributed by atoms with Crippen LogP contribution in [0.1, 0.15) is 32.2 Å². The highest BCUT2D eigenvalue weighted by Crippen LogP contribution is 2.08. The minimum Gasteiger partial charge on any atom is -0.446 e. The second kappa shape index (κ2) is 9.18. The zero-order chi connectivity index (χ0) is 20.6. The molecule has 1 aromatic heterocycles. The van der Waals surface area contributed by atoms with Gasteiger partial charge in [0.25, 0.3) is 0 Å². The van der Waals surface area contributed by atoms with Gasteiger partial charge < -0.3 is 4.42 Å². The van der Waals surface area contributed by atoms with Crippen LogP contribution in [0.2, 0.25) is 0 Å². The lowest BCUT2D eigenvalue weighted by atomic mass is 10.2. The summed E-state index contributed by atoms with van der Waals surface area (Å²) in [6.45, 7) is 0. The quantitative estimate of drug-likeness (QED) is 0.495. The van der Waals surface area contributed by atoms with Gasteiger partial charge in [-0.1, -0.05) is 24.3 Å². The van der Waals surface area contributed by atoms with E-state index >= 15 is 0 Å². The zero-order valence-corrected chi connectivity index (χ0v) is 14.8. The topological polar surface area (TPSA) is 96.1 Å². The van der Waals surface area contributed by atoms with Crippen molar-refractivity contribution in [2.45, 2.75) is 0 Å². The van der Waals surface area contributed by atoms with E-state index < -0.39 is 11.8 Å². The number of furan rings is 1. The van der Waals surface area contributed by atoms with E-state index in [2.05, 4.69) is 21.1 Å². The molecule has 0 radical (unpaired) electrons. The van der Waals surface area contributed by atoms with Crippen LogP contribution in [0.5, 0.6) is 0 Å². The highest BCUT2D eigenvalue weighted by atomic mass is 19.1. The van der Waals surface area contributed by atoms with Crippen molar-refractivity contribution >= 4 is 24.2 Å². The summed E-state index contributed by atoms with van der Waals surface area (Å²) >= 11 is 0. The van der Waals surface area contributed by atoms with Gasteiger partial charge >= 0.3 is 11.8 Å². The van der Waals surface area contributed by atoms with Crippen molar-refractivity contribution in [1.29, 1.82) is 0 Å². The molecule has 0 bridgehead atoms. The Morgan fingerprint density at radius 3 is 1.45 bits per heavy atom. The number of nitrogens with zero attached hydrogens (tertiary/aromatic N) is 2. The number of nitrogens with one attached hydrogen (secondary N) is 2. The molecule has 7 nitrogen and oxygen atoms in total. The van der Waals surface area contributed by atoms with Gasteiger partial charge in [-0.3, -0.25) is 9.59 Å². The first kappa shape index (κ1) is 19.6. The molecule has 146 valence electrons. The normalized spacial score (nSPS) is 11.1. The summed E-state index contributed by atoms with van der Waals surface area (Å²) in [5.74, 6) is -2.36. The molecule has 29 heavy (non-hydrogen) atoms. The SMILES string of the molecule is O=C(N/N=C/c1ccc(F)cc1)c1ccc(C(=O)N/N=C/c2ccc(F)cc2)o1. The third-order valence-electron chi connectivity index (χ3n) is 3.55. The van der Waals surface area contributed by atoms with E-state index in [0.29, 0.717) is 11.1 Å². The molecule has 2 amide bonds. The van der Waals surface area contributed by atoms with Crippen molar-refractivity contribution in [2.75, 3.05) is 0 Å². The highest BCUT2D eigenvalue weighted by Gasteiger charge is 2.15. The molecule has 9 heteroatoms. The second-order valence-corrected chi connectivity index (χ2v) is 5.67. The number of benzene rings is 2. The fraction of sp³-hybridized carbons (Fsp3) is 0. The summed E-state index contributed by atoms with van der Waals surface area (Å²) in [5, 5.41) is 7.47. The van der Waals surface area contributed by atoms with Crippen LogP contribution in [-0.4, -0.2) is 24.2 Å². The molecular weight excluding hydrogens is 382 g/mol. The number of hydrazone groups is 2. The van der Waals surface area contributed by atoms with Crippen molar-refractivity contribution in [3.05, 3.63) is 94.9 Å². The Bertz CT molecular complexity index is 974. The van der Waals surface area contributed by atoms with Gasteiger partial charge in [0.1, 0.15) is 11.6 Å². The van der Waals surface area contributed by atoms with Crippen molar-refractivity contribution in [3.63, 3.8) is 0 Å². The maximum Gasteiger partial charge on any atom is 0.307 e. The predicted molar refractivity (Wildman–Crippen MR) is 102 cm³/mol. The Hall–Kier alpha value is -4.14. The van der Waals surface area contributed by atoms with E-state index in [9.17, 15) is 18.4 Å². The maximum absolute atomic E-state index is 12.8. The first-order valence-corrected chi connectivity index (χ1v) is 8.29. The number of halogens is 2. The Kier molecular flexibility index (Phi) is 6.21. The first-order chi connectivity index (χ1) is 14.0. The molecule has 0 saturated heterocycles. The number of amides is 2. The Morgan fingerprint density at radius 1 is 0.690 bits per heavy atom. The predicted octanol–water partition coefficient (Wildman–Crippen LogP) is 3.09. The summed E-state index contributed by atoms with van der Waals surface area (Å²) in [4.78, 5) is 24.0. The summed E-state index contributed by atoms with van der Waals surface area (Å²) in [6.07, 6.45) is 2.66. The molecule has 0 fully saturated rings. The summed E-state index contributed by atoms with van der Waals surface area (Å²) < 4.78 is 30.8. The fourth-order valence-corrected chi connectivity index (χ4v) is 2.12. The van der Waals surface area contributed by atoms with Crippen LogP contribution in [0.15, 0.2) is 75.3 Å². The van der Waals surface area contributed by atoms with Crippen LogP contribution in [-0.2, 0) is 0 Å². The van der Waals surface area contributed by atoms with Crippen molar-refractivity contribution in [2.24, 2.45) is 10.2 Å². The van der Waals surface area contributed by atoms with E-state index in [-0.39, 0.29) is 23.2 Å². The van der Waals surface area contributed by atoms with Crippen molar-refractivity contribution in [3.8, 4) is 0 Å². The molecule has 1 heterocycles. The molecule has 0 aliphatic heterocycles. The summed E-state index contributed by atoms with van der Waals surface area (Å²) in [7, 11) is 0. The van der Waals surface area contributed by atoms with E-state index in [1.54, 1.807) is 0 Å². The Morgan fingerprint density at radius 2 is 1.07 bits per heavy atom.